The molecular weight excluding hydrogens is 380 g/mol. The monoisotopic (exact) mass is 402 g/mol. The van der Waals surface area contributed by atoms with Crippen molar-refractivity contribution in [3.8, 4) is 0 Å². The summed E-state index contributed by atoms with van der Waals surface area (Å²) in [6.45, 7) is 6.03. The zero-order valence-electron chi connectivity index (χ0n) is 16.1. The largest absolute Gasteiger partial charge is 0.340 e. The summed E-state index contributed by atoms with van der Waals surface area (Å²) in [6, 6.07) is 14.7. The van der Waals surface area contributed by atoms with Crippen LogP contribution in [0.15, 0.2) is 90.4 Å². The Labute approximate surface area is 170 Å². The van der Waals surface area contributed by atoms with E-state index in [0.717, 1.165) is 22.0 Å². The van der Waals surface area contributed by atoms with Gasteiger partial charge in [-0.3, -0.25) is 0 Å². The van der Waals surface area contributed by atoms with E-state index in [0.29, 0.717) is 10.7 Å². The Kier molecular flexibility index (Phi) is 4.03. The van der Waals surface area contributed by atoms with E-state index in [1.807, 2.05) is 67.6 Å². The summed E-state index contributed by atoms with van der Waals surface area (Å²) in [7, 11) is -3.76. The quantitative estimate of drug-likeness (QED) is 0.622. The third-order valence-electron chi connectivity index (χ3n) is 5.94. The van der Waals surface area contributed by atoms with E-state index in [2.05, 4.69) is 17.6 Å². The van der Waals surface area contributed by atoms with E-state index in [1.54, 1.807) is 16.4 Å². The smallest absolute Gasteiger partial charge is 0.266 e. The first kappa shape index (κ1) is 18.0. The number of aromatic nitrogens is 1. The Morgan fingerprint density at radius 3 is 2.52 bits per heavy atom. The molecular formula is C24H22N2O2S. The SMILES string of the molecule is C=CC1c2c([nH]c3ccccc23)N(S(=O)(=O)c2ccc(C)cc2)C2C=CC=CC12. The lowest BCUT2D eigenvalue weighted by molar-refractivity contribution is 0.487. The standard InChI is InChI=1S/C24H22N2O2S/c1-3-18-19-8-5-7-11-22(19)26(29(27,28)17-14-12-16(2)13-15-17)24-23(18)20-9-4-6-10-21(20)25-24/h3-15,18-19,22,25H,1H2,2H3. The zero-order chi connectivity index (χ0) is 20.2. The minimum absolute atomic E-state index is 0.00979. The van der Waals surface area contributed by atoms with Crippen LogP contribution < -0.4 is 4.31 Å². The summed E-state index contributed by atoms with van der Waals surface area (Å²) >= 11 is 0. The molecule has 3 atom stereocenters. The van der Waals surface area contributed by atoms with Gasteiger partial charge in [-0.25, -0.2) is 12.7 Å². The van der Waals surface area contributed by atoms with Crippen molar-refractivity contribution in [1.29, 1.82) is 0 Å². The van der Waals surface area contributed by atoms with Gasteiger partial charge >= 0.3 is 0 Å². The van der Waals surface area contributed by atoms with Crippen molar-refractivity contribution in [3.05, 3.63) is 96.6 Å². The first-order valence-corrected chi connectivity index (χ1v) is 11.2. The predicted molar refractivity (Wildman–Crippen MR) is 118 cm³/mol. The van der Waals surface area contributed by atoms with Gasteiger partial charge in [-0.15, -0.1) is 6.58 Å². The number of nitrogens with zero attached hydrogens (tertiary/aromatic N) is 1. The Hall–Kier alpha value is -3.05. The molecule has 2 aliphatic rings. The molecule has 0 saturated carbocycles. The highest BCUT2D eigenvalue weighted by Gasteiger charge is 2.45. The van der Waals surface area contributed by atoms with Gasteiger partial charge in [0.15, 0.2) is 0 Å². The average Bonchev–Trinajstić information content (AvgIpc) is 3.10. The lowest BCUT2D eigenvalue weighted by atomic mass is 9.76. The zero-order valence-corrected chi connectivity index (χ0v) is 16.9. The molecule has 1 aromatic heterocycles. The Morgan fingerprint density at radius 1 is 1.03 bits per heavy atom. The highest BCUT2D eigenvalue weighted by atomic mass is 32.2. The van der Waals surface area contributed by atoms with Crippen molar-refractivity contribution in [2.45, 2.75) is 23.8 Å². The fourth-order valence-corrected chi connectivity index (χ4v) is 6.18. The Balaban J connectivity index is 1.80. The van der Waals surface area contributed by atoms with Crippen LogP contribution in [0.1, 0.15) is 17.0 Å². The van der Waals surface area contributed by atoms with Crippen LogP contribution in [0.25, 0.3) is 10.9 Å². The van der Waals surface area contributed by atoms with Crippen LogP contribution in [0.5, 0.6) is 0 Å². The number of hydrogen-bond acceptors (Lipinski definition) is 2. The molecule has 0 saturated heterocycles. The molecule has 4 nitrogen and oxygen atoms in total. The van der Waals surface area contributed by atoms with Crippen molar-refractivity contribution < 1.29 is 8.42 Å². The normalized spacial score (nSPS) is 23.1. The second-order valence-electron chi connectivity index (χ2n) is 7.65. The maximum absolute atomic E-state index is 13.8. The van der Waals surface area contributed by atoms with Crippen LogP contribution in [0, 0.1) is 12.8 Å². The van der Waals surface area contributed by atoms with Gasteiger partial charge in [-0.2, -0.15) is 0 Å². The molecule has 146 valence electrons. The van der Waals surface area contributed by atoms with Gasteiger partial charge in [0.25, 0.3) is 10.0 Å². The highest BCUT2D eigenvalue weighted by molar-refractivity contribution is 7.92. The second kappa shape index (κ2) is 6.49. The predicted octanol–water partition coefficient (Wildman–Crippen LogP) is 5.07. The van der Waals surface area contributed by atoms with E-state index in [4.69, 9.17) is 0 Å². The Bertz CT molecular complexity index is 1270. The molecule has 1 N–H and O–H groups in total. The number of benzene rings is 2. The van der Waals surface area contributed by atoms with Crippen molar-refractivity contribution >= 4 is 26.7 Å². The van der Waals surface area contributed by atoms with Crippen LogP contribution in [0.4, 0.5) is 5.82 Å². The molecule has 5 rings (SSSR count). The molecule has 2 aromatic carbocycles. The molecule has 2 heterocycles. The number of fused-ring (bicyclic) bond motifs is 4. The van der Waals surface area contributed by atoms with E-state index < -0.39 is 10.0 Å². The molecule has 0 spiro atoms. The van der Waals surface area contributed by atoms with Crippen molar-refractivity contribution in [2.75, 3.05) is 4.31 Å². The van der Waals surface area contributed by atoms with Gasteiger partial charge in [-0.05, 0) is 25.1 Å². The van der Waals surface area contributed by atoms with Gasteiger partial charge < -0.3 is 4.98 Å². The van der Waals surface area contributed by atoms with Gasteiger partial charge in [0.05, 0.1) is 10.9 Å². The van der Waals surface area contributed by atoms with E-state index >= 15 is 0 Å². The van der Waals surface area contributed by atoms with Crippen molar-refractivity contribution in [3.63, 3.8) is 0 Å². The average molecular weight is 403 g/mol. The molecule has 0 amide bonds. The number of anilines is 1. The number of H-pyrrole nitrogens is 1. The fraction of sp³-hybridized carbons (Fsp3) is 0.167. The van der Waals surface area contributed by atoms with Crippen LogP contribution >= 0.6 is 0 Å². The number of para-hydroxylation sites is 1. The minimum atomic E-state index is -3.76. The van der Waals surface area contributed by atoms with Gasteiger partial charge in [0.1, 0.15) is 5.82 Å². The second-order valence-corrected chi connectivity index (χ2v) is 9.46. The summed E-state index contributed by atoms with van der Waals surface area (Å²) in [5.74, 6) is 0.652. The molecule has 0 radical (unpaired) electrons. The molecule has 1 aliphatic carbocycles. The number of rotatable bonds is 3. The fourth-order valence-electron chi connectivity index (χ4n) is 4.56. The van der Waals surface area contributed by atoms with E-state index in [-0.39, 0.29) is 17.9 Å². The molecule has 3 aromatic rings. The highest BCUT2D eigenvalue weighted by Crippen LogP contribution is 2.49. The van der Waals surface area contributed by atoms with Crippen LogP contribution in [0.3, 0.4) is 0 Å². The topological polar surface area (TPSA) is 53.2 Å². The van der Waals surface area contributed by atoms with Gasteiger partial charge in [0, 0.05) is 28.3 Å². The first-order valence-electron chi connectivity index (χ1n) is 9.71. The first-order chi connectivity index (χ1) is 14.0. The third-order valence-corrected chi connectivity index (χ3v) is 7.76. The number of aryl methyl sites for hydroxylation is 1. The van der Waals surface area contributed by atoms with Crippen molar-refractivity contribution in [1.82, 2.24) is 4.98 Å². The van der Waals surface area contributed by atoms with Crippen molar-refractivity contribution in [2.24, 2.45) is 5.92 Å². The lowest BCUT2D eigenvalue weighted by Gasteiger charge is -2.43. The summed E-state index contributed by atoms with van der Waals surface area (Å²) in [5.41, 5.74) is 2.95. The van der Waals surface area contributed by atoms with E-state index in [1.165, 1.54) is 0 Å². The molecule has 1 aliphatic heterocycles. The summed E-state index contributed by atoms with van der Waals surface area (Å²) in [6.07, 6.45) is 9.93. The van der Waals surface area contributed by atoms with Crippen LogP contribution in [-0.4, -0.2) is 19.4 Å². The van der Waals surface area contributed by atoms with Gasteiger partial charge in [0.2, 0.25) is 0 Å². The molecule has 0 bridgehead atoms. The third kappa shape index (κ3) is 2.61. The molecule has 29 heavy (non-hydrogen) atoms. The maximum atomic E-state index is 13.8. The molecule has 3 unspecified atom stereocenters. The maximum Gasteiger partial charge on any atom is 0.266 e. The van der Waals surface area contributed by atoms with Crippen LogP contribution in [0.2, 0.25) is 0 Å². The Morgan fingerprint density at radius 2 is 1.76 bits per heavy atom. The molecule has 0 fully saturated rings. The lowest BCUT2D eigenvalue weighted by Crippen LogP contribution is -2.49. The summed E-state index contributed by atoms with van der Waals surface area (Å²) < 4.78 is 29.2. The van der Waals surface area contributed by atoms with Gasteiger partial charge in [-0.1, -0.05) is 66.3 Å². The number of nitrogens with one attached hydrogen (secondary N) is 1. The summed E-state index contributed by atoms with van der Waals surface area (Å²) in [5, 5.41) is 1.04. The van der Waals surface area contributed by atoms with E-state index in [9.17, 15) is 8.42 Å². The summed E-state index contributed by atoms with van der Waals surface area (Å²) in [4.78, 5) is 3.69. The molecule has 5 heteroatoms. The van der Waals surface area contributed by atoms with Crippen LogP contribution in [-0.2, 0) is 10.0 Å². The number of allylic oxidation sites excluding steroid dienone is 3. The number of hydrogen-bond donors (Lipinski definition) is 1. The minimum Gasteiger partial charge on any atom is -0.340 e. The number of sulfonamides is 1. The number of aromatic amines is 1.